The molecule has 0 aliphatic heterocycles. The Morgan fingerprint density at radius 1 is 1.53 bits per heavy atom. The van der Waals surface area contributed by atoms with Crippen molar-refractivity contribution in [3.05, 3.63) is 29.8 Å². The van der Waals surface area contributed by atoms with Gasteiger partial charge in [0.2, 0.25) is 0 Å². The van der Waals surface area contributed by atoms with Gasteiger partial charge in [0.1, 0.15) is 11.6 Å². The van der Waals surface area contributed by atoms with Crippen LogP contribution in [-0.4, -0.2) is 42.0 Å². The third-order valence-electron chi connectivity index (χ3n) is 2.95. The Hall–Kier alpha value is -2.24. The second kappa shape index (κ2) is 6.63. The molecule has 0 spiro atoms. The van der Waals surface area contributed by atoms with E-state index in [2.05, 4.69) is 5.16 Å². The number of para-hydroxylation sites is 1. The molecule has 0 aliphatic rings. The number of carbonyl (C=O) groups is 1. The van der Waals surface area contributed by atoms with E-state index in [0.717, 1.165) is 0 Å². The molecule has 0 aromatic heterocycles. The normalized spacial score (nSPS) is 12.9. The summed E-state index contributed by atoms with van der Waals surface area (Å²) in [6.45, 7) is 1.82. The maximum atomic E-state index is 12.3. The molecule has 6 heteroatoms. The van der Waals surface area contributed by atoms with Crippen molar-refractivity contribution < 1.29 is 14.7 Å². The molecule has 104 valence electrons. The van der Waals surface area contributed by atoms with Crippen LogP contribution >= 0.6 is 0 Å². The third-order valence-corrected chi connectivity index (χ3v) is 2.95. The van der Waals surface area contributed by atoms with Gasteiger partial charge in [0.15, 0.2) is 0 Å². The molecule has 1 aromatic carbocycles. The number of carbonyl (C=O) groups excluding carboxylic acids is 1. The van der Waals surface area contributed by atoms with Gasteiger partial charge < -0.3 is 20.6 Å². The van der Waals surface area contributed by atoms with Crippen molar-refractivity contribution in [3.63, 3.8) is 0 Å². The maximum Gasteiger partial charge on any atom is 0.257 e. The van der Waals surface area contributed by atoms with Crippen LogP contribution in [0.2, 0.25) is 0 Å². The fourth-order valence-electron chi connectivity index (χ4n) is 1.69. The third kappa shape index (κ3) is 3.61. The lowest BCUT2D eigenvalue weighted by molar-refractivity contribution is 0.0744. The van der Waals surface area contributed by atoms with Crippen LogP contribution in [-0.2, 0) is 0 Å². The Morgan fingerprint density at radius 2 is 2.16 bits per heavy atom. The predicted molar refractivity (Wildman–Crippen MR) is 72.6 cm³/mol. The molecule has 0 saturated heterocycles. The maximum absolute atomic E-state index is 12.3. The smallest absolute Gasteiger partial charge is 0.257 e. The lowest BCUT2D eigenvalue weighted by atomic mass is 10.1. The van der Waals surface area contributed by atoms with Crippen molar-refractivity contribution in [2.24, 2.45) is 10.9 Å². The minimum absolute atomic E-state index is 0.0900. The van der Waals surface area contributed by atoms with Gasteiger partial charge in [0.25, 0.3) is 5.91 Å². The van der Waals surface area contributed by atoms with Gasteiger partial charge in [-0.05, 0) is 19.1 Å². The summed E-state index contributed by atoms with van der Waals surface area (Å²) < 4.78 is 5.16. The van der Waals surface area contributed by atoms with Crippen molar-refractivity contribution >= 4 is 11.7 Å². The van der Waals surface area contributed by atoms with Gasteiger partial charge in [-0.3, -0.25) is 4.79 Å². The van der Waals surface area contributed by atoms with Crippen LogP contribution in [0, 0.1) is 0 Å². The van der Waals surface area contributed by atoms with Crippen LogP contribution in [0.3, 0.4) is 0 Å². The minimum Gasteiger partial charge on any atom is -0.496 e. The zero-order valence-corrected chi connectivity index (χ0v) is 11.3. The van der Waals surface area contributed by atoms with Gasteiger partial charge in [-0.2, -0.15) is 0 Å². The van der Waals surface area contributed by atoms with Gasteiger partial charge in [-0.25, -0.2) is 0 Å². The summed E-state index contributed by atoms with van der Waals surface area (Å²) in [5.41, 5.74) is 5.93. The fourth-order valence-corrected chi connectivity index (χ4v) is 1.69. The second-order valence-corrected chi connectivity index (χ2v) is 4.26. The van der Waals surface area contributed by atoms with Crippen LogP contribution in [0.5, 0.6) is 5.75 Å². The van der Waals surface area contributed by atoms with Gasteiger partial charge in [-0.15, -0.1) is 0 Å². The monoisotopic (exact) mass is 265 g/mol. The van der Waals surface area contributed by atoms with Crippen molar-refractivity contribution in [1.29, 1.82) is 0 Å². The number of rotatable bonds is 5. The number of amidine groups is 1. The standard InChI is InChI=1S/C13H19N3O3/c1-9(8-12(14)15-18)16(2)13(17)10-6-4-5-7-11(10)19-3/h4-7,9,18H,8H2,1-3H3,(H2,14,15). The molecule has 1 atom stereocenters. The van der Waals surface area contributed by atoms with Gasteiger partial charge in [-0.1, -0.05) is 17.3 Å². The summed E-state index contributed by atoms with van der Waals surface area (Å²) in [6, 6.07) is 6.82. The Morgan fingerprint density at radius 3 is 2.74 bits per heavy atom. The molecular weight excluding hydrogens is 246 g/mol. The van der Waals surface area contributed by atoms with Crippen LogP contribution in [0.4, 0.5) is 0 Å². The molecule has 0 aliphatic carbocycles. The first-order chi connectivity index (χ1) is 9.01. The molecule has 1 aromatic rings. The second-order valence-electron chi connectivity index (χ2n) is 4.26. The highest BCUT2D eigenvalue weighted by Gasteiger charge is 2.21. The number of benzene rings is 1. The molecule has 0 saturated carbocycles. The van der Waals surface area contributed by atoms with E-state index in [1.54, 1.807) is 31.3 Å². The molecule has 1 rings (SSSR count). The molecule has 19 heavy (non-hydrogen) atoms. The summed E-state index contributed by atoms with van der Waals surface area (Å²) in [7, 11) is 3.19. The number of nitrogens with zero attached hydrogens (tertiary/aromatic N) is 2. The summed E-state index contributed by atoms with van der Waals surface area (Å²) in [5, 5.41) is 11.5. The first kappa shape index (κ1) is 14.8. The zero-order valence-electron chi connectivity index (χ0n) is 11.3. The molecule has 1 unspecified atom stereocenters. The average Bonchev–Trinajstić information content (AvgIpc) is 2.45. The first-order valence-corrected chi connectivity index (χ1v) is 5.87. The predicted octanol–water partition coefficient (Wildman–Crippen LogP) is 1.29. The highest BCUT2D eigenvalue weighted by Crippen LogP contribution is 2.20. The number of nitrogens with two attached hydrogens (primary N) is 1. The molecular formula is C13H19N3O3. The quantitative estimate of drug-likeness (QED) is 0.363. The van der Waals surface area contributed by atoms with Crippen molar-refractivity contribution in [3.8, 4) is 5.75 Å². The summed E-state index contributed by atoms with van der Waals surface area (Å²) in [5.74, 6) is 0.443. The molecule has 6 nitrogen and oxygen atoms in total. The van der Waals surface area contributed by atoms with E-state index < -0.39 is 0 Å². The van der Waals surface area contributed by atoms with E-state index in [1.165, 1.54) is 12.0 Å². The van der Waals surface area contributed by atoms with Crippen LogP contribution < -0.4 is 10.5 Å². The summed E-state index contributed by atoms with van der Waals surface area (Å²) >= 11 is 0. The van der Waals surface area contributed by atoms with E-state index in [0.29, 0.717) is 17.7 Å². The van der Waals surface area contributed by atoms with Gasteiger partial charge >= 0.3 is 0 Å². The van der Waals surface area contributed by atoms with Crippen molar-refractivity contribution in [2.45, 2.75) is 19.4 Å². The first-order valence-electron chi connectivity index (χ1n) is 5.87. The van der Waals surface area contributed by atoms with Crippen molar-refractivity contribution in [1.82, 2.24) is 4.90 Å². The number of hydrogen-bond acceptors (Lipinski definition) is 4. The number of methoxy groups -OCH3 is 1. The Kier molecular flexibility index (Phi) is 5.17. The molecule has 3 N–H and O–H groups in total. The number of oxime groups is 1. The number of hydrogen-bond donors (Lipinski definition) is 2. The molecule has 0 fully saturated rings. The SMILES string of the molecule is COc1ccccc1C(=O)N(C)C(C)CC(N)=NO. The summed E-state index contributed by atoms with van der Waals surface area (Å²) in [4.78, 5) is 13.9. The molecule has 0 radical (unpaired) electrons. The van der Waals surface area contributed by atoms with Gasteiger partial charge in [0.05, 0.1) is 12.7 Å². The van der Waals surface area contributed by atoms with Crippen LogP contribution in [0.1, 0.15) is 23.7 Å². The van der Waals surface area contributed by atoms with Gasteiger partial charge in [0, 0.05) is 19.5 Å². The highest BCUT2D eigenvalue weighted by atomic mass is 16.5. The lowest BCUT2D eigenvalue weighted by Crippen LogP contribution is -2.37. The minimum atomic E-state index is -0.187. The highest BCUT2D eigenvalue weighted by molar-refractivity contribution is 5.97. The Labute approximate surface area is 112 Å². The molecule has 0 bridgehead atoms. The van der Waals surface area contributed by atoms with Crippen LogP contribution in [0.15, 0.2) is 29.4 Å². The van der Waals surface area contributed by atoms with E-state index >= 15 is 0 Å². The Balaban J connectivity index is 2.87. The van der Waals surface area contributed by atoms with E-state index in [4.69, 9.17) is 15.7 Å². The zero-order chi connectivity index (χ0) is 14.4. The topological polar surface area (TPSA) is 88.2 Å². The van der Waals surface area contributed by atoms with E-state index in [-0.39, 0.29) is 17.8 Å². The Bertz CT molecular complexity index is 474. The molecule has 0 heterocycles. The average molecular weight is 265 g/mol. The fraction of sp³-hybridized carbons (Fsp3) is 0.385. The largest absolute Gasteiger partial charge is 0.496 e. The van der Waals surface area contributed by atoms with E-state index in [1.807, 2.05) is 6.92 Å². The number of amides is 1. The molecule has 1 amide bonds. The lowest BCUT2D eigenvalue weighted by Gasteiger charge is -2.25. The summed E-state index contributed by atoms with van der Waals surface area (Å²) in [6.07, 6.45) is 0.299. The van der Waals surface area contributed by atoms with Crippen LogP contribution in [0.25, 0.3) is 0 Å². The number of ether oxygens (including phenoxy) is 1. The van der Waals surface area contributed by atoms with Crippen molar-refractivity contribution in [2.75, 3.05) is 14.2 Å². The van der Waals surface area contributed by atoms with E-state index in [9.17, 15) is 4.79 Å².